The number of hydrogen-bond donors (Lipinski definition) is 2. The van der Waals surface area contributed by atoms with Gasteiger partial charge in [0.2, 0.25) is 0 Å². The first-order valence-electron chi connectivity index (χ1n) is 11.1. The Hall–Kier alpha value is -3.46. The van der Waals surface area contributed by atoms with Crippen molar-refractivity contribution in [3.63, 3.8) is 0 Å². The summed E-state index contributed by atoms with van der Waals surface area (Å²) in [5.41, 5.74) is 2.27. The molecule has 3 aromatic rings. The molecule has 0 unspecified atom stereocenters. The van der Waals surface area contributed by atoms with Crippen LogP contribution in [0.2, 0.25) is 0 Å². The first-order valence-corrected chi connectivity index (χ1v) is 11.1. The zero-order valence-corrected chi connectivity index (χ0v) is 18.9. The number of nitrogens with one attached hydrogen (secondary N) is 2. The van der Waals surface area contributed by atoms with Crippen LogP contribution in [0.5, 0.6) is 0 Å². The van der Waals surface area contributed by atoms with Gasteiger partial charge in [0.15, 0.2) is 0 Å². The second-order valence-electron chi connectivity index (χ2n) is 8.31. The van der Waals surface area contributed by atoms with Crippen LogP contribution >= 0.6 is 0 Å². The summed E-state index contributed by atoms with van der Waals surface area (Å²) in [5.74, 6) is -0.253. The van der Waals surface area contributed by atoms with E-state index in [4.69, 9.17) is 0 Å². The molecule has 0 aliphatic carbocycles. The predicted molar refractivity (Wildman–Crippen MR) is 124 cm³/mol. The maximum atomic E-state index is 13.8. The fourth-order valence-electron chi connectivity index (χ4n) is 4.22. The fraction of sp³-hybridized carbons (Fsp3) is 0.320. The zero-order valence-electron chi connectivity index (χ0n) is 18.9. The minimum Gasteiger partial charge on any atom is -0.354 e. The van der Waals surface area contributed by atoms with Crippen molar-refractivity contribution < 1.29 is 18.0 Å². The van der Waals surface area contributed by atoms with Crippen molar-refractivity contribution >= 4 is 22.4 Å². The predicted octanol–water partition coefficient (Wildman–Crippen LogP) is 4.15. The van der Waals surface area contributed by atoms with Crippen molar-refractivity contribution in [2.75, 3.05) is 20.1 Å². The second-order valence-corrected chi connectivity index (χ2v) is 8.31. The Kier molecular flexibility index (Phi) is 6.56. The number of carbonyl (C=O) groups is 1. The SMILES string of the molecule is CCc1cc2c(C(F)(F)F)cc(CN3CC=C(c4ccc(C(=O)NC)nc4)CC3)cc2[nH]c1=O. The third-order valence-corrected chi connectivity index (χ3v) is 6.08. The number of benzene rings is 1. The average Bonchev–Trinajstić information content (AvgIpc) is 2.82. The highest BCUT2D eigenvalue weighted by Gasteiger charge is 2.33. The van der Waals surface area contributed by atoms with Gasteiger partial charge in [0.05, 0.1) is 5.56 Å². The van der Waals surface area contributed by atoms with Crippen molar-refractivity contribution in [1.82, 2.24) is 20.2 Å². The standard InChI is InChI=1S/C25H25F3N4O2/c1-3-16-12-19-20(25(26,27)28)10-15(11-22(19)31-23(16)33)14-32-8-6-17(7-9-32)18-4-5-21(30-13-18)24(34)29-2/h4-6,10-13H,3,7-9,14H2,1-2H3,(H,29,34)(H,31,33). The number of halogens is 3. The highest BCUT2D eigenvalue weighted by atomic mass is 19.4. The van der Waals surface area contributed by atoms with E-state index in [9.17, 15) is 22.8 Å². The Balaban J connectivity index is 1.56. The van der Waals surface area contributed by atoms with Crippen molar-refractivity contribution in [1.29, 1.82) is 0 Å². The normalized spacial score (nSPS) is 14.8. The minimum absolute atomic E-state index is 0.0150. The number of aromatic nitrogens is 2. The maximum Gasteiger partial charge on any atom is 0.417 e. The molecular weight excluding hydrogens is 445 g/mol. The third-order valence-electron chi connectivity index (χ3n) is 6.08. The Labute approximate surface area is 194 Å². The van der Waals surface area contributed by atoms with Crippen LogP contribution in [-0.2, 0) is 19.1 Å². The monoisotopic (exact) mass is 470 g/mol. The van der Waals surface area contributed by atoms with Crippen LogP contribution < -0.4 is 10.9 Å². The second kappa shape index (κ2) is 9.42. The summed E-state index contributed by atoms with van der Waals surface area (Å²) in [6, 6.07) is 7.67. The number of hydrogen-bond acceptors (Lipinski definition) is 4. The van der Waals surface area contributed by atoms with E-state index in [0.717, 1.165) is 11.1 Å². The molecule has 1 aromatic carbocycles. The van der Waals surface area contributed by atoms with E-state index in [1.54, 1.807) is 32.3 Å². The summed E-state index contributed by atoms with van der Waals surface area (Å²) in [4.78, 5) is 32.7. The van der Waals surface area contributed by atoms with Gasteiger partial charge in [0.1, 0.15) is 5.69 Å². The lowest BCUT2D eigenvalue weighted by atomic mass is 9.99. The molecule has 0 saturated heterocycles. The Morgan fingerprint density at radius 2 is 2.03 bits per heavy atom. The highest BCUT2D eigenvalue weighted by molar-refractivity contribution is 5.92. The number of rotatable bonds is 5. The number of amides is 1. The van der Waals surface area contributed by atoms with Gasteiger partial charge in [-0.1, -0.05) is 19.1 Å². The Bertz CT molecular complexity index is 1310. The Morgan fingerprint density at radius 1 is 1.24 bits per heavy atom. The highest BCUT2D eigenvalue weighted by Crippen LogP contribution is 2.36. The van der Waals surface area contributed by atoms with E-state index >= 15 is 0 Å². The molecule has 4 rings (SSSR count). The number of fused-ring (bicyclic) bond motifs is 1. The van der Waals surface area contributed by atoms with Crippen LogP contribution in [0.3, 0.4) is 0 Å². The van der Waals surface area contributed by atoms with E-state index in [-0.39, 0.29) is 22.4 Å². The summed E-state index contributed by atoms with van der Waals surface area (Å²) in [6.07, 6.45) is 0.224. The van der Waals surface area contributed by atoms with Gasteiger partial charge in [-0.2, -0.15) is 13.2 Å². The van der Waals surface area contributed by atoms with Gasteiger partial charge in [-0.25, -0.2) is 0 Å². The maximum absolute atomic E-state index is 13.8. The number of alkyl halides is 3. The zero-order chi connectivity index (χ0) is 24.5. The third kappa shape index (κ3) is 4.89. The van der Waals surface area contributed by atoms with Crippen molar-refractivity contribution in [3.8, 4) is 0 Å². The number of carbonyl (C=O) groups excluding carboxylic acids is 1. The first-order chi connectivity index (χ1) is 16.2. The topological polar surface area (TPSA) is 78.1 Å². The van der Waals surface area contributed by atoms with Crippen molar-refractivity contribution in [2.24, 2.45) is 0 Å². The lowest BCUT2D eigenvalue weighted by Crippen LogP contribution is -2.28. The van der Waals surface area contributed by atoms with Crippen LogP contribution in [0.1, 0.15) is 46.1 Å². The largest absolute Gasteiger partial charge is 0.417 e. The van der Waals surface area contributed by atoms with Gasteiger partial charge in [-0.15, -0.1) is 0 Å². The van der Waals surface area contributed by atoms with Crippen molar-refractivity contribution in [2.45, 2.75) is 32.5 Å². The first kappa shape index (κ1) is 23.7. The summed E-state index contributed by atoms with van der Waals surface area (Å²) in [7, 11) is 1.55. The fourth-order valence-corrected chi connectivity index (χ4v) is 4.22. The van der Waals surface area contributed by atoms with E-state index in [1.807, 2.05) is 12.1 Å². The molecule has 0 spiro atoms. The molecule has 9 heteroatoms. The van der Waals surface area contributed by atoms with Gasteiger partial charge in [0.25, 0.3) is 11.5 Å². The summed E-state index contributed by atoms with van der Waals surface area (Å²) in [5, 5.41) is 2.54. The lowest BCUT2D eigenvalue weighted by molar-refractivity contribution is -0.136. The van der Waals surface area contributed by atoms with E-state index in [1.165, 1.54) is 12.1 Å². The van der Waals surface area contributed by atoms with Crippen molar-refractivity contribution in [3.05, 3.63) is 80.9 Å². The number of aryl methyl sites for hydroxylation is 1. The molecule has 0 atom stereocenters. The molecule has 0 saturated carbocycles. The number of nitrogens with zero attached hydrogens (tertiary/aromatic N) is 2. The lowest BCUT2D eigenvalue weighted by Gasteiger charge is -2.27. The molecular formula is C25H25F3N4O2. The van der Waals surface area contributed by atoms with Gasteiger partial charge in [-0.3, -0.25) is 19.5 Å². The Morgan fingerprint density at radius 3 is 2.62 bits per heavy atom. The van der Waals surface area contributed by atoms with Gasteiger partial charge >= 0.3 is 6.18 Å². The van der Waals surface area contributed by atoms with Gasteiger partial charge in [0, 0.05) is 49.3 Å². The summed E-state index contributed by atoms with van der Waals surface area (Å²) in [6.45, 7) is 3.29. The van der Waals surface area contributed by atoms with Crippen LogP contribution in [0.4, 0.5) is 13.2 Å². The van der Waals surface area contributed by atoms with Gasteiger partial charge < -0.3 is 10.3 Å². The summed E-state index contributed by atoms with van der Waals surface area (Å²) >= 11 is 0. The minimum atomic E-state index is -4.53. The molecule has 2 aromatic heterocycles. The summed E-state index contributed by atoms with van der Waals surface area (Å²) < 4.78 is 41.4. The van der Waals surface area contributed by atoms with Crippen LogP contribution in [0.25, 0.3) is 16.5 Å². The smallest absolute Gasteiger partial charge is 0.354 e. The average molecular weight is 470 g/mol. The van der Waals surface area contributed by atoms with E-state index < -0.39 is 11.7 Å². The number of pyridine rings is 2. The van der Waals surface area contributed by atoms with Crippen LogP contribution in [0, 0.1) is 0 Å². The molecule has 2 N–H and O–H groups in total. The molecule has 1 amide bonds. The molecule has 1 aliphatic rings. The molecule has 1 aliphatic heterocycles. The molecule has 178 valence electrons. The molecule has 6 nitrogen and oxygen atoms in total. The van der Waals surface area contributed by atoms with Gasteiger partial charge in [-0.05, 0) is 53.8 Å². The van der Waals surface area contributed by atoms with Crippen LogP contribution in [-0.4, -0.2) is 40.9 Å². The van der Waals surface area contributed by atoms with E-state index in [0.29, 0.717) is 49.3 Å². The van der Waals surface area contributed by atoms with Crippen LogP contribution in [0.15, 0.2) is 47.4 Å². The molecule has 0 bridgehead atoms. The molecule has 0 fully saturated rings. The van der Waals surface area contributed by atoms with E-state index in [2.05, 4.69) is 20.2 Å². The molecule has 34 heavy (non-hydrogen) atoms. The molecule has 0 radical (unpaired) electrons. The number of aromatic amines is 1. The quantitative estimate of drug-likeness (QED) is 0.587. The molecule has 3 heterocycles. The number of H-pyrrole nitrogens is 1.